The van der Waals surface area contributed by atoms with Gasteiger partial charge < -0.3 is 10.4 Å². The number of ketones is 1. The first kappa shape index (κ1) is 9.19. The summed E-state index contributed by atoms with van der Waals surface area (Å²) in [6.45, 7) is 0.878. The van der Waals surface area contributed by atoms with E-state index in [-0.39, 0.29) is 24.7 Å². The van der Waals surface area contributed by atoms with E-state index in [4.69, 9.17) is 5.11 Å². The lowest BCUT2D eigenvalue weighted by Gasteiger charge is -2.06. The van der Waals surface area contributed by atoms with Gasteiger partial charge in [-0.1, -0.05) is 0 Å². The summed E-state index contributed by atoms with van der Waals surface area (Å²) in [5.41, 5.74) is 0. The summed E-state index contributed by atoms with van der Waals surface area (Å²) >= 11 is 0. The van der Waals surface area contributed by atoms with Gasteiger partial charge in [-0.3, -0.25) is 9.59 Å². The largest absolute Gasteiger partial charge is 0.481 e. The summed E-state index contributed by atoms with van der Waals surface area (Å²) in [5.74, 6) is -0.865. The SMILES string of the molecule is O=C(O)CCC(=O)C1CCCN1. The van der Waals surface area contributed by atoms with E-state index in [1.807, 2.05) is 0 Å². The van der Waals surface area contributed by atoms with E-state index >= 15 is 0 Å². The van der Waals surface area contributed by atoms with Crippen molar-refractivity contribution in [3.05, 3.63) is 0 Å². The lowest BCUT2D eigenvalue weighted by Crippen LogP contribution is -2.30. The third-order valence-electron chi connectivity index (χ3n) is 2.03. The quantitative estimate of drug-likeness (QED) is 0.633. The normalized spacial score (nSPS) is 22.5. The number of hydrogen-bond acceptors (Lipinski definition) is 3. The van der Waals surface area contributed by atoms with E-state index in [1.54, 1.807) is 0 Å². The molecule has 0 aromatic carbocycles. The number of aliphatic carboxylic acids is 1. The fraction of sp³-hybridized carbons (Fsp3) is 0.750. The van der Waals surface area contributed by atoms with E-state index in [0.29, 0.717) is 0 Å². The molecule has 0 amide bonds. The highest BCUT2D eigenvalue weighted by Gasteiger charge is 2.21. The second kappa shape index (κ2) is 4.21. The fourth-order valence-electron chi connectivity index (χ4n) is 1.36. The first-order valence-corrected chi connectivity index (χ1v) is 4.18. The van der Waals surface area contributed by atoms with Gasteiger partial charge in [-0.2, -0.15) is 0 Å². The summed E-state index contributed by atoms with van der Waals surface area (Å²) in [4.78, 5) is 21.4. The van der Waals surface area contributed by atoms with Gasteiger partial charge in [0.2, 0.25) is 0 Å². The van der Waals surface area contributed by atoms with Crippen molar-refractivity contribution < 1.29 is 14.7 Å². The number of Topliss-reactive ketones (excluding diaryl/α,β-unsaturated/α-hetero) is 1. The number of nitrogens with one attached hydrogen (secondary N) is 1. The number of rotatable bonds is 4. The smallest absolute Gasteiger partial charge is 0.303 e. The van der Waals surface area contributed by atoms with E-state index in [1.165, 1.54) is 0 Å². The molecule has 2 N–H and O–H groups in total. The molecule has 1 saturated heterocycles. The van der Waals surface area contributed by atoms with E-state index in [0.717, 1.165) is 19.4 Å². The van der Waals surface area contributed by atoms with E-state index in [9.17, 15) is 9.59 Å². The van der Waals surface area contributed by atoms with Gasteiger partial charge in [0, 0.05) is 6.42 Å². The monoisotopic (exact) mass is 171 g/mol. The third kappa shape index (κ3) is 2.62. The van der Waals surface area contributed by atoms with Crippen LogP contribution < -0.4 is 5.32 Å². The van der Waals surface area contributed by atoms with Crippen LogP contribution in [-0.2, 0) is 9.59 Å². The van der Waals surface area contributed by atoms with Crippen LogP contribution in [0.5, 0.6) is 0 Å². The first-order chi connectivity index (χ1) is 5.70. The summed E-state index contributed by atoms with van der Waals surface area (Å²) < 4.78 is 0. The fourth-order valence-corrected chi connectivity index (χ4v) is 1.36. The molecule has 68 valence electrons. The molecule has 12 heavy (non-hydrogen) atoms. The zero-order valence-electron chi connectivity index (χ0n) is 6.88. The van der Waals surface area contributed by atoms with Gasteiger partial charge in [0.05, 0.1) is 12.5 Å². The van der Waals surface area contributed by atoms with Crippen molar-refractivity contribution in [3.8, 4) is 0 Å². The van der Waals surface area contributed by atoms with Gasteiger partial charge in [-0.05, 0) is 19.4 Å². The standard InChI is InChI=1S/C8H13NO3/c10-7(3-4-8(11)12)6-2-1-5-9-6/h6,9H,1-5H2,(H,11,12). The molecule has 0 aliphatic carbocycles. The molecule has 1 fully saturated rings. The van der Waals surface area contributed by atoms with Crippen molar-refractivity contribution in [2.24, 2.45) is 0 Å². The van der Waals surface area contributed by atoms with Crippen LogP contribution in [0.4, 0.5) is 0 Å². The van der Waals surface area contributed by atoms with Crippen molar-refractivity contribution in [1.29, 1.82) is 0 Å². The molecule has 0 bridgehead atoms. The Balaban J connectivity index is 2.23. The number of hydrogen-bond donors (Lipinski definition) is 2. The number of carbonyl (C=O) groups is 2. The molecular weight excluding hydrogens is 158 g/mol. The van der Waals surface area contributed by atoms with Gasteiger partial charge in [-0.25, -0.2) is 0 Å². The highest BCUT2D eigenvalue weighted by molar-refractivity contribution is 5.86. The summed E-state index contributed by atoms with van der Waals surface area (Å²) in [6, 6.07) is -0.0793. The molecule has 4 heteroatoms. The van der Waals surface area contributed by atoms with Crippen molar-refractivity contribution in [2.45, 2.75) is 31.7 Å². The van der Waals surface area contributed by atoms with Crippen molar-refractivity contribution >= 4 is 11.8 Å². The van der Waals surface area contributed by atoms with Crippen LogP contribution in [0.1, 0.15) is 25.7 Å². The van der Waals surface area contributed by atoms with Crippen LogP contribution >= 0.6 is 0 Å². The van der Waals surface area contributed by atoms with E-state index < -0.39 is 5.97 Å². The maximum absolute atomic E-state index is 11.2. The number of carbonyl (C=O) groups excluding carboxylic acids is 1. The first-order valence-electron chi connectivity index (χ1n) is 4.18. The summed E-state index contributed by atoms with van der Waals surface area (Å²) in [6.07, 6.45) is 1.99. The van der Waals surface area contributed by atoms with Gasteiger partial charge >= 0.3 is 5.97 Å². The van der Waals surface area contributed by atoms with Gasteiger partial charge in [-0.15, -0.1) is 0 Å². The molecule has 1 aliphatic heterocycles. The molecule has 0 aromatic rings. The van der Waals surface area contributed by atoms with Crippen LogP contribution in [-0.4, -0.2) is 29.4 Å². The molecule has 0 radical (unpaired) electrons. The summed E-state index contributed by atoms with van der Waals surface area (Å²) in [5, 5.41) is 11.4. The molecule has 4 nitrogen and oxygen atoms in total. The molecular formula is C8H13NO3. The average Bonchev–Trinajstić information content (AvgIpc) is 2.51. The maximum atomic E-state index is 11.2. The Morgan fingerprint density at radius 3 is 2.67 bits per heavy atom. The van der Waals surface area contributed by atoms with Gasteiger partial charge in [0.1, 0.15) is 5.78 Å². The Hall–Kier alpha value is -0.900. The minimum absolute atomic E-state index is 0.0369. The molecule has 1 unspecified atom stereocenters. The Kier molecular flexibility index (Phi) is 3.22. The highest BCUT2D eigenvalue weighted by Crippen LogP contribution is 2.08. The second-order valence-corrected chi connectivity index (χ2v) is 3.01. The predicted octanol–water partition coefficient (Wildman–Crippen LogP) is 0.172. The number of carboxylic acid groups (broad SMARTS) is 1. The average molecular weight is 171 g/mol. The molecule has 0 aromatic heterocycles. The lowest BCUT2D eigenvalue weighted by molar-refractivity contribution is -0.138. The second-order valence-electron chi connectivity index (χ2n) is 3.01. The topological polar surface area (TPSA) is 66.4 Å². The Morgan fingerprint density at radius 1 is 1.42 bits per heavy atom. The Morgan fingerprint density at radius 2 is 2.17 bits per heavy atom. The minimum atomic E-state index is -0.902. The minimum Gasteiger partial charge on any atom is -0.481 e. The van der Waals surface area contributed by atoms with Gasteiger partial charge in [0.15, 0.2) is 0 Å². The predicted molar refractivity (Wildman–Crippen MR) is 42.9 cm³/mol. The van der Waals surface area contributed by atoms with E-state index in [2.05, 4.69) is 5.32 Å². The Labute approximate surface area is 71.0 Å². The Bertz CT molecular complexity index is 185. The lowest BCUT2D eigenvalue weighted by atomic mass is 10.1. The molecule has 0 spiro atoms. The highest BCUT2D eigenvalue weighted by atomic mass is 16.4. The van der Waals surface area contributed by atoms with Crippen LogP contribution in [0.15, 0.2) is 0 Å². The van der Waals surface area contributed by atoms with Crippen LogP contribution in [0.3, 0.4) is 0 Å². The molecule has 1 aliphatic rings. The molecule has 1 atom stereocenters. The maximum Gasteiger partial charge on any atom is 0.303 e. The number of carboxylic acids is 1. The molecule has 1 rings (SSSR count). The molecule has 0 saturated carbocycles. The third-order valence-corrected chi connectivity index (χ3v) is 2.03. The van der Waals surface area contributed by atoms with Crippen LogP contribution in [0.25, 0.3) is 0 Å². The van der Waals surface area contributed by atoms with Crippen molar-refractivity contribution in [3.63, 3.8) is 0 Å². The van der Waals surface area contributed by atoms with Gasteiger partial charge in [0.25, 0.3) is 0 Å². The zero-order valence-corrected chi connectivity index (χ0v) is 6.88. The summed E-state index contributed by atoms with van der Waals surface area (Å²) in [7, 11) is 0. The van der Waals surface area contributed by atoms with Crippen LogP contribution in [0.2, 0.25) is 0 Å². The molecule has 1 heterocycles. The van der Waals surface area contributed by atoms with Crippen LogP contribution in [0, 0.1) is 0 Å². The van der Waals surface area contributed by atoms with Crippen molar-refractivity contribution in [2.75, 3.05) is 6.54 Å². The zero-order chi connectivity index (χ0) is 8.97. The van der Waals surface area contributed by atoms with Crippen molar-refractivity contribution in [1.82, 2.24) is 5.32 Å².